The Morgan fingerprint density at radius 1 is 1.29 bits per heavy atom. The number of nitrogens with zero attached hydrogens (tertiary/aromatic N) is 1. The number of aromatic nitrogens is 1. The third kappa shape index (κ3) is 3.63. The molecule has 3 aromatic rings. The minimum Gasteiger partial charge on any atom is -0.467 e. The Kier molecular flexibility index (Phi) is 4.62. The van der Waals surface area contributed by atoms with E-state index in [2.05, 4.69) is 10.3 Å². The predicted octanol–water partition coefficient (Wildman–Crippen LogP) is 3.38. The standard InChI is InChI=1S/C19H20N2O3/c1-12-5-6-14-11-15(7-8-16(14)20-12)19(23)21-13(2)10-17(22)18-4-3-9-24-18/h3-9,11,13,17,22H,10H2,1-2H3,(H,21,23)/t13-,17+/m1/s1. The van der Waals surface area contributed by atoms with Gasteiger partial charge in [-0.3, -0.25) is 9.78 Å². The van der Waals surface area contributed by atoms with Crippen molar-refractivity contribution in [2.45, 2.75) is 32.4 Å². The summed E-state index contributed by atoms with van der Waals surface area (Å²) < 4.78 is 5.17. The number of benzene rings is 1. The van der Waals surface area contributed by atoms with Gasteiger partial charge < -0.3 is 14.8 Å². The number of aliphatic hydroxyl groups excluding tert-OH is 1. The molecule has 0 saturated carbocycles. The molecule has 0 bridgehead atoms. The summed E-state index contributed by atoms with van der Waals surface area (Å²) in [4.78, 5) is 16.8. The molecule has 0 saturated heterocycles. The molecule has 5 heteroatoms. The first-order valence-electron chi connectivity index (χ1n) is 7.92. The molecule has 124 valence electrons. The van der Waals surface area contributed by atoms with E-state index in [1.165, 1.54) is 6.26 Å². The average molecular weight is 324 g/mol. The Morgan fingerprint density at radius 3 is 2.88 bits per heavy atom. The second-order valence-corrected chi connectivity index (χ2v) is 6.00. The second-order valence-electron chi connectivity index (χ2n) is 6.00. The van der Waals surface area contributed by atoms with E-state index >= 15 is 0 Å². The zero-order chi connectivity index (χ0) is 17.1. The van der Waals surface area contributed by atoms with Crippen LogP contribution in [-0.2, 0) is 0 Å². The molecule has 2 heterocycles. The van der Waals surface area contributed by atoms with Crippen LogP contribution in [0.4, 0.5) is 0 Å². The number of carbonyl (C=O) groups excluding carboxylic acids is 1. The fourth-order valence-electron chi connectivity index (χ4n) is 2.67. The highest BCUT2D eigenvalue weighted by atomic mass is 16.4. The molecule has 0 aliphatic carbocycles. The lowest BCUT2D eigenvalue weighted by Crippen LogP contribution is -2.33. The zero-order valence-corrected chi connectivity index (χ0v) is 13.7. The van der Waals surface area contributed by atoms with Crippen LogP contribution in [-0.4, -0.2) is 22.0 Å². The second kappa shape index (κ2) is 6.84. The Balaban J connectivity index is 1.66. The lowest BCUT2D eigenvalue weighted by atomic mass is 10.1. The van der Waals surface area contributed by atoms with E-state index in [0.29, 0.717) is 17.7 Å². The van der Waals surface area contributed by atoms with Gasteiger partial charge in [-0.2, -0.15) is 0 Å². The highest BCUT2D eigenvalue weighted by Gasteiger charge is 2.17. The Hall–Kier alpha value is -2.66. The van der Waals surface area contributed by atoms with Gasteiger partial charge in [0.2, 0.25) is 0 Å². The number of pyridine rings is 1. The molecule has 2 aromatic heterocycles. The fourth-order valence-corrected chi connectivity index (χ4v) is 2.67. The molecule has 2 atom stereocenters. The number of hydrogen-bond acceptors (Lipinski definition) is 4. The quantitative estimate of drug-likeness (QED) is 0.754. The summed E-state index contributed by atoms with van der Waals surface area (Å²) in [6.07, 6.45) is 1.17. The van der Waals surface area contributed by atoms with Crippen molar-refractivity contribution < 1.29 is 14.3 Å². The molecule has 0 aliphatic rings. The van der Waals surface area contributed by atoms with Crippen molar-refractivity contribution in [3.63, 3.8) is 0 Å². The fraction of sp³-hybridized carbons (Fsp3) is 0.263. The van der Waals surface area contributed by atoms with Gasteiger partial charge in [0.1, 0.15) is 11.9 Å². The van der Waals surface area contributed by atoms with Crippen LogP contribution in [0.3, 0.4) is 0 Å². The average Bonchev–Trinajstić information content (AvgIpc) is 3.08. The smallest absolute Gasteiger partial charge is 0.251 e. The summed E-state index contributed by atoms with van der Waals surface area (Å²) in [7, 11) is 0. The van der Waals surface area contributed by atoms with Crippen molar-refractivity contribution in [2.75, 3.05) is 0 Å². The number of amides is 1. The van der Waals surface area contributed by atoms with E-state index in [1.807, 2.05) is 38.1 Å². The van der Waals surface area contributed by atoms with Gasteiger partial charge in [0.05, 0.1) is 11.8 Å². The van der Waals surface area contributed by atoms with Crippen LogP contribution in [0.2, 0.25) is 0 Å². The van der Waals surface area contributed by atoms with E-state index in [1.54, 1.807) is 18.2 Å². The van der Waals surface area contributed by atoms with E-state index in [4.69, 9.17) is 4.42 Å². The van der Waals surface area contributed by atoms with Crippen molar-refractivity contribution in [3.05, 3.63) is 65.7 Å². The van der Waals surface area contributed by atoms with Crippen LogP contribution in [0.1, 0.15) is 41.3 Å². The Labute approximate surface area is 140 Å². The van der Waals surface area contributed by atoms with Crippen LogP contribution in [0, 0.1) is 6.92 Å². The van der Waals surface area contributed by atoms with Crippen molar-refractivity contribution >= 4 is 16.8 Å². The first kappa shape index (κ1) is 16.2. The van der Waals surface area contributed by atoms with Gasteiger partial charge in [-0.15, -0.1) is 0 Å². The normalized spacial score (nSPS) is 13.6. The van der Waals surface area contributed by atoms with Gasteiger partial charge in [0.15, 0.2) is 0 Å². The van der Waals surface area contributed by atoms with Crippen LogP contribution >= 0.6 is 0 Å². The summed E-state index contributed by atoms with van der Waals surface area (Å²) in [5, 5.41) is 13.9. The number of nitrogens with one attached hydrogen (secondary N) is 1. The maximum atomic E-state index is 12.4. The zero-order valence-electron chi connectivity index (χ0n) is 13.7. The van der Waals surface area contributed by atoms with Gasteiger partial charge >= 0.3 is 0 Å². The van der Waals surface area contributed by atoms with E-state index in [9.17, 15) is 9.90 Å². The van der Waals surface area contributed by atoms with Gasteiger partial charge in [0.25, 0.3) is 5.91 Å². The predicted molar refractivity (Wildman–Crippen MR) is 91.7 cm³/mol. The van der Waals surface area contributed by atoms with E-state index < -0.39 is 6.10 Å². The number of rotatable bonds is 5. The van der Waals surface area contributed by atoms with Gasteiger partial charge in [0, 0.05) is 29.1 Å². The highest BCUT2D eigenvalue weighted by molar-refractivity contribution is 5.98. The first-order chi connectivity index (χ1) is 11.5. The molecule has 5 nitrogen and oxygen atoms in total. The minimum absolute atomic E-state index is 0.170. The van der Waals surface area contributed by atoms with Crippen LogP contribution in [0.5, 0.6) is 0 Å². The SMILES string of the molecule is Cc1ccc2cc(C(=O)N[C@H](C)C[C@H](O)c3ccco3)ccc2n1. The molecule has 0 aliphatic heterocycles. The summed E-state index contributed by atoms with van der Waals surface area (Å²) in [5.41, 5.74) is 2.39. The number of aryl methyl sites for hydroxylation is 1. The van der Waals surface area contributed by atoms with Crippen LogP contribution in [0.25, 0.3) is 10.9 Å². The van der Waals surface area contributed by atoms with Crippen molar-refractivity contribution in [1.82, 2.24) is 10.3 Å². The van der Waals surface area contributed by atoms with Gasteiger partial charge in [-0.05, 0) is 50.2 Å². The van der Waals surface area contributed by atoms with Crippen LogP contribution < -0.4 is 5.32 Å². The largest absolute Gasteiger partial charge is 0.467 e. The number of aliphatic hydroxyl groups is 1. The third-order valence-corrected chi connectivity index (χ3v) is 3.92. The molecule has 0 unspecified atom stereocenters. The summed E-state index contributed by atoms with van der Waals surface area (Å²) in [5.74, 6) is 0.333. The molecular weight excluding hydrogens is 304 g/mol. The molecule has 1 amide bonds. The van der Waals surface area contributed by atoms with E-state index in [0.717, 1.165) is 16.6 Å². The molecule has 1 aromatic carbocycles. The molecule has 2 N–H and O–H groups in total. The third-order valence-electron chi connectivity index (χ3n) is 3.92. The van der Waals surface area contributed by atoms with Crippen LogP contribution in [0.15, 0.2) is 53.1 Å². The lowest BCUT2D eigenvalue weighted by Gasteiger charge is -2.17. The maximum Gasteiger partial charge on any atom is 0.251 e. The van der Waals surface area contributed by atoms with Gasteiger partial charge in [-0.1, -0.05) is 6.07 Å². The van der Waals surface area contributed by atoms with Crippen molar-refractivity contribution in [1.29, 1.82) is 0 Å². The first-order valence-corrected chi connectivity index (χ1v) is 7.92. The minimum atomic E-state index is -0.737. The Bertz CT molecular complexity index is 843. The highest BCUT2D eigenvalue weighted by Crippen LogP contribution is 2.19. The molecule has 3 rings (SSSR count). The maximum absolute atomic E-state index is 12.4. The monoisotopic (exact) mass is 324 g/mol. The molecular formula is C19H20N2O3. The van der Waals surface area contributed by atoms with E-state index in [-0.39, 0.29) is 11.9 Å². The number of fused-ring (bicyclic) bond motifs is 1. The van der Waals surface area contributed by atoms with Crippen molar-refractivity contribution in [3.8, 4) is 0 Å². The summed E-state index contributed by atoms with van der Waals surface area (Å²) >= 11 is 0. The number of furan rings is 1. The summed E-state index contributed by atoms with van der Waals surface area (Å²) in [6, 6.07) is 12.6. The molecule has 0 radical (unpaired) electrons. The lowest BCUT2D eigenvalue weighted by molar-refractivity contribution is 0.0903. The van der Waals surface area contributed by atoms with Crippen molar-refractivity contribution in [2.24, 2.45) is 0 Å². The molecule has 0 fully saturated rings. The number of carbonyl (C=O) groups is 1. The number of hydrogen-bond donors (Lipinski definition) is 2. The molecule has 24 heavy (non-hydrogen) atoms. The summed E-state index contributed by atoms with van der Waals surface area (Å²) in [6.45, 7) is 3.79. The Morgan fingerprint density at radius 2 is 2.12 bits per heavy atom. The topological polar surface area (TPSA) is 75.4 Å². The van der Waals surface area contributed by atoms with Gasteiger partial charge in [-0.25, -0.2) is 0 Å². The molecule has 0 spiro atoms.